The Morgan fingerprint density at radius 3 is 2.85 bits per heavy atom. The molecule has 0 saturated carbocycles. The van der Waals surface area contributed by atoms with Gasteiger partial charge in [0, 0.05) is 44.0 Å². The molecular formula is C20H20ClN5O. The second-order valence-corrected chi connectivity index (χ2v) is 7.69. The van der Waals surface area contributed by atoms with Gasteiger partial charge in [0.05, 0.1) is 17.0 Å². The molecule has 0 radical (unpaired) electrons. The first-order chi connectivity index (χ1) is 13.1. The van der Waals surface area contributed by atoms with Crippen LogP contribution in [0.5, 0.6) is 0 Å². The van der Waals surface area contributed by atoms with Gasteiger partial charge in [-0.3, -0.25) is 0 Å². The van der Waals surface area contributed by atoms with Crippen LogP contribution in [0.3, 0.4) is 0 Å². The maximum Gasteiger partial charge on any atom is 0.203 e. The van der Waals surface area contributed by atoms with Crippen LogP contribution in [0.4, 0.5) is 11.6 Å². The number of anilines is 2. The second-order valence-electron chi connectivity index (χ2n) is 7.25. The summed E-state index contributed by atoms with van der Waals surface area (Å²) >= 11 is 6.05. The number of oxazole rings is 1. The van der Waals surface area contributed by atoms with E-state index in [1.54, 1.807) is 0 Å². The van der Waals surface area contributed by atoms with Crippen LogP contribution >= 0.6 is 11.6 Å². The number of imidazole rings is 1. The van der Waals surface area contributed by atoms with E-state index in [2.05, 4.69) is 38.1 Å². The summed E-state index contributed by atoms with van der Waals surface area (Å²) in [6.45, 7) is 1.87. The van der Waals surface area contributed by atoms with Gasteiger partial charge in [0.1, 0.15) is 5.52 Å². The fourth-order valence-electron chi connectivity index (χ4n) is 3.68. The summed E-state index contributed by atoms with van der Waals surface area (Å²) in [5.74, 6) is 1.95. The summed E-state index contributed by atoms with van der Waals surface area (Å²) in [6, 6.07) is 12.0. The van der Waals surface area contributed by atoms with Crippen LogP contribution in [0.2, 0.25) is 5.02 Å². The lowest BCUT2D eigenvalue weighted by Crippen LogP contribution is -2.19. The fraction of sp³-hybridized carbons (Fsp3) is 0.300. The SMILES string of the molecule is CN(C)c1nc2ccc(N3CCC(c4nc5ccc(Cl)cc5o4)C3)cc2[nH]1. The van der Waals surface area contributed by atoms with Gasteiger partial charge in [-0.05, 0) is 36.8 Å². The van der Waals surface area contributed by atoms with Crippen molar-refractivity contribution in [3.63, 3.8) is 0 Å². The Hall–Kier alpha value is -2.73. The van der Waals surface area contributed by atoms with E-state index in [1.165, 1.54) is 5.69 Å². The van der Waals surface area contributed by atoms with E-state index in [0.29, 0.717) is 5.02 Å². The lowest BCUT2D eigenvalue weighted by Gasteiger charge is -2.18. The maximum absolute atomic E-state index is 6.05. The molecule has 0 amide bonds. The molecule has 6 nitrogen and oxygen atoms in total. The third kappa shape index (κ3) is 2.90. The van der Waals surface area contributed by atoms with E-state index in [-0.39, 0.29) is 5.92 Å². The molecule has 27 heavy (non-hydrogen) atoms. The molecule has 1 saturated heterocycles. The predicted octanol–water partition coefficient (Wildman–Crippen LogP) is 4.42. The molecule has 0 aliphatic carbocycles. The molecule has 1 aliphatic rings. The van der Waals surface area contributed by atoms with Crippen molar-refractivity contribution in [2.45, 2.75) is 12.3 Å². The molecular weight excluding hydrogens is 362 g/mol. The standard InChI is InChI=1S/C20H20ClN5O/c1-25(2)20-23-15-6-4-14(10-17(15)24-20)26-8-7-12(11-26)19-22-16-5-3-13(21)9-18(16)27-19/h3-6,9-10,12H,7-8,11H2,1-2H3,(H,23,24). The first-order valence-electron chi connectivity index (χ1n) is 9.05. The van der Waals surface area contributed by atoms with Crippen LogP contribution in [0.25, 0.3) is 22.1 Å². The summed E-state index contributed by atoms with van der Waals surface area (Å²) in [5.41, 5.74) is 4.84. The molecule has 7 heteroatoms. The van der Waals surface area contributed by atoms with Gasteiger partial charge < -0.3 is 19.2 Å². The number of aromatic amines is 1. The minimum absolute atomic E-state index is 0.283. The van der Waals surface area contributed by atoms with Crippen LogP contribution in [-0.2, 0) is 0 Å². The van der Waals surface area contributed by atoms with Crippen molar-refractivity contribution in [3.8, 4) is 0 Å². The zero-order chi connectivity index (χ0) is 18.5. The Balaban J connectivity index is 1.40. The summed E-state index contributed by atoms with van der Waals surface area (Å²) in [6.07, 6.45) is 1.02. The predicted molar refractivity (Wildman–Crippen MR) is 109 cm³/mol. The number of fused-ring (bicyclic) bond motifs is 2. The Morgan fingerprint density at radius 1 is 1.15 bits per heavy atom. The first-order valence-corrected chi connectivity index (χ1v) is 9.42. The summed E-state index contributed by atoms with van der Waals surface area (Å²) in [5, 5.41) is 0.670. The van der Waals surface area contributed by atoms with Crippen LogP contribution in [-0.4, -0.2) is 42.1 Å². The smallest absolute Gasteiger partial charge is 0.203 e. The maximum atomic E-state index is 6.05. The Bertz CT molecular complexity index is 1130. The van der Waals surface area contributed by atoms with Crippen molar-refractivity contribution >= 4 is 45.4 Å². The van der Waals surface area contributed by atoms with Gasteiger partial charge in [-0.15, -0.1) is 0 Å². The second kappa shape index (κ2) is 6.16. The van der Waals surface area contributed by atoms with Gasteiger partial charge in [-0.25, -0.2) is 9.97 Å². The molecule has 2 aromatic heterocycles. The van der Waals surface area contributed by atoms with E-state index >= 15 is 0 Å². The first kappa shape index (κ1) is 16.4. The largest absolute Gasteiger partial charge is 0.440 e. The minimum Gasteiger partial charge on any atom is -0.440 e. The summed E-state index contributed by atoms with van der Waals surface area (Å²) in [4.78, 5) is 17.0. The number of nitrogens with zero attached hydrogens (tertiary/aromatic N) is 4. The molecule has 0 spiro atoms. The van der Waals surface area contributed by atoms with Crippen molar-refractivity contribution in [1.82, 2.24) is 15.0 Å². The van der Waals surface area contributed by atoms with Gasteiger partial charge in [0.25, 0.3) is 0 Å². The van der Waals surface area contributed by atoms with E-state index in [1.807, 2.05) is 37.2 Å². The normalized spacial score (nSPS) is 17.3. The Morgan fingerprint density at radius 2 is 2.00 bits per heavy atom. The third-order valence-corrected chi connectivity index (χ3v) is 5.38. The highest BCUT2D eigenvalue weighted by molar-refractivity contribution is 6.31. The molecule has 2 aromatic carbocycles. The Labute approximate surface area is 161 Å². The highest BCUT2D eigenvalue weighted by atomic mass is 35.5. The van der Waals surface area contributed by atoms with E-state index < -0.39 is 0 Å². The zero-order valence-corrected chi connectivity index (χ0v) is 16.0. The molecule has 3 heterocycles. The average Bonchev–Trinajstić information content (AvgIpc) is 3.37. The van der Waals surface area contributed by atoms with E-state index in [9.17, 15) is 0 Å². The molecule has 0 bridgehead atoms. The van der Waals surface area contributed by atoms with Crippen molar-refractivity contribution in [2.75, 3.05) is 37.0 Å². The van der Waals surface area contributed by atoms with Crippen molar-refractivity contribution < 1.29 is 4.42 Å². The Kier molecular flexibility index (Phi) is 3.75. The molecule has 1 aliphatic heterocycles. The fourth-order valence-corrected chi connectivity index (χ4v) is 3.84. The van der Waals surface area contributed by atoms with Gasteiger partial charge in [-0.1, -0.05) is 11.6 Å². The molecule has 4 aromatic rings. The highest BCUT2D eigenvalue weighted by Gasteiger charge is 2.28. The molecule has 1 unspecified atom stereocenters. The van der Waals surface area contributed by atoms with Gasteiger partial charge in [0.15, 0.2) is 11.5 Å². The van der Waals surface area contributed by atoms with E-state index in [0.717, 1.165) is 53.5 Å². The lowest BCUT2D eigenvalue weighted by atomic mass is 10.1. The zero-order valence-electron chi connectivity index (χ0n) is 15.2. The van der Waals surface area contributed by atoms with Crippen LogP contribution in [0.15, 0.2) is 40.8 Å². The quantitative estimate of drug-likeness (QED) is 0.569. The third-order valence-electron chi connectivity index (χ3n) is 5.15. The number of hydrogen-bond donors (Lipinski definition) is 1. The molecule has 1 fully saturated rings. The number of nitrogens with one attached hydrogen (secondary N) is 1. The average molecular weight is 382 g/mol. The topological polar surface area (TPSA) is 61.2 Å². The van der Waals surface area contributed by atoms with Crippen molar-refractivity contribution in [1.29, 1.82) is 0 Å². The number of halogens is 1. The highest BCUT2D eigenvalue weighted by Crippen LogP contribution is 2.33. The number of aromatic nitrogens is 3. The van der Waals surface area contributed by atoms with Crippen LogP contribution in [0.1, 0.15) is 18.2 Å². The lowest BCUT2D eigenvalue weighted by molar-refractivity contribution is 0.487. The van der Waals surface area contributed by atoms with Crippen molar-refractivity contribution in [2.24, 2.45) is 0 Å². The minimum atomic E-state index is 0.283. The molecule has 1 atom stereocenters. The molecule has 138 valence electrons. The summed E-state index contributed by atoms with van der Waals surface area (Å²) in [7, 11) is 3.97. The summed E-state index contributed by atoms with van der Waals surface area (Å²) < 4.78 is 5.97. The van der Waals surface area contributed by atoms with Crippen LogP contribution < -0.4 is 9.80 Å². The van der Waals surface area contributed by atoms with Gasteiger partial charge in [0.2, 0.25) is 5.95 Å². The number of rotatable bonds is 3. The number of benzene rings is 2. The van der Waals surface area contributed by atoms with Gasteiger partial charge in [-0.2, -0.15) is 0 Å². The van der Waals surface area contributed by atoms with Gasteiger partial charge >= 0.3 is 0 Å². The molecule has 1 N–H and O–H groups in total. The monoisotopic (exact) mass is 381 g/mol. The van der Waals surface area contributed by atoms with Crippen LogP contribution in [0, 0.1) is 0 Å². The number of H-pyrrole nitrogens is 1. The number of hydrogen-bond acceptors (Lipinski definition) is 5. The van der Waals surface area contributed by atoms with Crippen molar-refractivity contribution in [3.05, 3.63) is 47.3 Å². The molecule has 5 rings (SSSR count). The van der Waals surface area contributed by atoms with E-state index in [4.69, 9.17) is 16.0 Å².